The largest absolute Gasteiger partial charge is 3.00 e. The zero-order chi connectivity index (χ0) is 7.02. The molecule has 0 aromatic heterocycles. The van der Waals surface area contributed by atoms with Gasteiger partial charge in [-0.3, -0.25) is 6.08 Å². The summed E-state index contributed by atoms with van der Waals surface area (Å²) in [5.41, 5.74) is 5.08. The fraction of sp³-hybridized carbons (Fsp3) is 0.500. The predicted molar refractivity (Wildman–Crippen MR) is 44.5 cm³/mol. The van der Waals surface area contributed by atoms with Gasteiger partial charge in [-0.15, -0.1) is 12.5 Å². The summed E-state index contributed by atoms with van der Waals surface area (Å²) in [6.07, 6.45) is 3.42. The van der Waals surface area contributed by atoms with Crippen LogP contribution in [0.4, 0.5) is 0 Å². The summed E-state index contributed by atoms with van der Waals surface area (Å²) in [7, 11) is 1.22. The van der Waals surface area contributed by atoms with Crippen LogP contribution in [0.5, 0.6) is 0 Å². The number of halogens is 2. The second-order valence-corrected chi connectivity index (χ2v) is 3.95. The molecule has 1 rings (SSSR count). The smallest absolute Gasteiger partial charge is 1.00 e. The molecule has 0 saturated carbocycles. The Morgan fingerprint density at radius 2 is 1.58 bits per heavy atom. The topological polar surface area (TPSA) is 0 Å². The van der Waals surface area contributed by atoms with Gasteiger partial charge >= 0.3 is 21.7 Å². The SMILES string of the molecule is CC1=[C-]C([SiH3])C(C)=C1C.[Cl-].[Cl-].[Ti+3]. The Bertz CT molecular complexity index is 199. The summed E-state index contributed by atoms with van der Waals surface area (Å²) in [5, 5.41) is 0. The standard InChI is InChI=1S/C8H13Si.2ClH.Ti/c1-5-4-8(9)7(3)6(5)2;;;/h8H,1-3,9H3;2*1H;/q-1;;;+3/p-2. The predicted octanol–water partition coefficient (Wildman–Crippen LogP) is -4.75. The molecule has 1 aliphatic rings. The quantitative estimate of drug-likeness (QED) is 0.301. The van der Waals surface area contributed by atoms with Gasteiger partial charge in [0.15, 0.2) is 0 Å². The third-order valence-corrected chi connectivity index (χ3v) is 3.39. The monoisotopic (exact) mass is 255 g/mol. The summed E-state index contributed by atoms with van der Waals surface area (Å²) in [6, 6.07) is 0. The van der Waals surface area contributed by atoms with Gasteiger partial charge in [0.05, 0.1) is 0 Å². The maximum absolute atomic E-state index is 3.42. The Labute approximate surface area is 105 Å². The molecule has 0 spiro atoms. The van der Waals surface area contributed by atoms with E-state index in [4.69, 9.17) is 0 Å². The third-order valence-electron chi connectivity index (χ3n) is 2.24. The van der Waals surface area contributed by atoms with Crippen molar-refractivity contribution in [3.8, 4) is 0 Å². The summed E-state index contributed by atoms with van der Waals surface area (Å²) in [6.45, 7) is 6.56. The molecule has 1 aliphatic carbocycles. The van der Waals surface area contributed by atoms with E-state index < -0.39 is 0 Å². The van der Waals surface area contributed by atoms with Crippen molar-refractivity contribution in [1.82, 2.24) is 0 Å². The van der Waals surface area contributed by atoms with E-state index in [9.17, 15) is 0 Å². The first-order chi connectivity index (χ1) is 4.13. The van der Waals surface area contributed by atoms with Gasteiger partial charge in [-0.05, 0) is 10.2 Å². The second kappa shape index (κ2) is 7.40. The minimum absolute atomic E-state index is 0. The Kier molecular flexibility index (Phi) is 11.5. The number of hydrogen-bond donors (Lipinski definition) is 0. The van der Waals surface area contributed by atoms with Crippen LogP contribution in [0.15, 0.2) is 16.7 Å². The molecule has 0 aromatic rings. The first-order valence-electron chi connectivity index (χ1n) is 3.40. The zero-order valence-corrected chi connectivity index (χ0v) is 12.9. The van der Waals surface area contributed by atoms with Gasteiger partial charge in [-0.25, -0.2) is 5.57 Å². The van der Waals surface area contributed by atoms with Gasteiger partial charge in [0.25, 0.3) is 0 Å². The molecule has 12 heavy (non-hydrogen) atoms. The number of allylic oxidation sites excluding steroid dienone is 4. The van der Waals surface area contributed by atoms with Crippen molar-refractivity contribution in [3.63, 3.8) is 0 Å². The van der Waals surface area contributed by atoms with Crippen molar-refractivity contribution in [2.45, 2.75) is 26.3 Å². The van der Waals surface area contributed by atoms with Crippen LogP contribution in [0.2, 0.25) is 5.54 Å². The molecule has 67 valence electrons. The Morgan fingerprint density at radius 1 is 1.17 bits per heavy atom. The Hall–Kier alpha value is 0.991. The van der Waals surface area contributed by atoms with Crippen LogP contribution in [0.1, 0.15) is 20.8 Å². The van der Waals surface area contributed by atoms with Crippen LogP contribution in [0.3, 0.4) is 0 Å². The van der Waals surface area contributed by atoms with Crippen molar-refractivity contribution in [2.24, 2.45) is 0 Å². The van der Waals surface area contributed by atoms with Gasteiger partial charge in [0.1, 0.15) is 0 Å². The van der Waals surface area contributed by atoms with E-state index in [-0.39, 0.29) is 46.5 Å². The maximum atomic E-state index is 3.42. The third kappa shape index (κ3) is 3.80. The minimum Gasteiger partial charge on any atom is -1.00 e. The molecule has 4 heteroatoms. The molecule has 0 N–H and O–H groups in total. The zero-order valence-electron chi connectivity index (χ0n) is 7.83. The van der Waals surface area contributed by atoms with Crippen molar-refractivity contribution < 1.29 is 46.5 Å². The van der Waals surface area contributed by atoms with E-state index in [1.165, 1.54) is 21.4 Å². The fourth-order valence-corrected chi connectivity index (χ4v) is 2.03. The normalized spacial score (nSPS) is 20.6. The van der Waals surface area contributed by atoms with Crippen LogP contribution in [0, 0.1) is 6.08 Å². The van der Waals surface area contributed by atoms with Gasteiger partial charge < -0.3 is 24.8 Å². The Balaban J connectivity index is -0.000000270. The average molecular weight is 256 g/mol. The van der Waals surface area contributed by atoms with Gasteiger partial charge in [-0.2, -0.15) is 11.1 Å². The van der Waals surface area contributed by atoms with Crippen molar-refractivity contribution in [3.05, 3.63) is 22.8 Å². The van der Waals surface area contributed by atoms with Crippen LogP contribution in [-0.2, 0) is 21.7 Å². The van der Waals surface area contributed by atoms with Crippen molar-refractivity contribution >= 4 is 10.2 Å². The molecule has 0 heterocycles. The van der Waals surface area contributed by atoms with E-state index in [0.717, 1.165) is 0 Å². The second-order valence-electron chi connectivity index (χ2n) is 2.80. The van der Waals surface area contributed by atoms with Gasteiger partial charge in [-0.1, -0.05) is 13.8 Å². The molecule has 0 saturated heterocycles. The summed E-state index contributed by atoms with van der Waals surface area (Å²) < 4.78 is 0. The molecule has 0 amide bonds. The first-order valence-corrected chi connectivity index (χ1v) is 4.56. The summed E-state index contributed by atoms with van der Waals surface area (Å²) in [4.78, 5) is 0. The fourth-order valence-electron chi connectivity index (χ4n) is 1.16. The van der Waals surface area contributed by atoms with E-state index in [1.54, 1.807) is 5.57 Å². The average Bonchev–Trinajstić information content (AvgIpc) is 1.98. The van der Waals surface area contributed by atoms with Gasteiger partial charge in [0, 0.05) is 0 Å². The Morgan fingerprint density at radius 3 is 1.67 bits per heavy atom. The minimum atomic E-state index is 0. The molecule has 0 bridgehead atoms. The number of hydrogen-bond acceptors (Lipinski definition) is 0. The van der Waals surface area contributed by atoms with Crippen molar-refractivity contribution in [1.29, 1.82) is 0 Å². The molecule has 1 unspecified atom stereocenters. The summed E-state index contributed by atoms with van der Waals surface area (Å²) >= 11 is 0. The van der Waals surface area contributed by atoms with E-state index in [1.807, 2.05) is 0 Å². The van der Waals surface area contributed by atoms with Crippen LogP contribution >= 0.6 is 0 Å². The molecule has 0 fully saturated rings. The van der Waals surface area contributed by atoms with Gasteiger partial charge in [0.2, 0.25) is 0 Å². The van der Waals surface area contributed by atoms with E-state index in [0.29, 0.717) is 5.54 Å². The van der Waals surface area contributed by atoms with E-state index in [2.05, 4.69) is 26.8 Å². The first kappa shape index (κ1) is 18.7. The molecule has 1 radical (unpaired) electrons. The van der Waals surface area contributed by atoms with Crippen LogP contribution in [0.25, 0.3) is 0 Å². The maximum Gasteiger partial charge on any atom is 3.00 e. The van der Waals surface area contributed by atoms with Crippen molar-refractivity contribution in [2.75, 3.05) is 0 Å². The molecular formula is C8H13Cl2SiTi. The van der Waals surface area contributed by atoms with E-state index >= 15 is 0 Å². The van der Waals surface area contributed by atoms with Crippen LogP contribution < -0.4 is 24.8 Å². The summed E-state index contributed by atoms with van der Waals surface area (Å²) in [5.74, 6) is 0. The molecule has 0 aliphatic heterocycles. The molecular weight excluding hydrogens is 243 g/mol. The van der Waals surface area contributed by atoms with Crippen LogP contribution in [-0.4, -0.2) is 10.2 Å². The molecule has 0 nitrogen and oxygen atoms in total. The number of rotatable bonds is 0. The molecule has 0 aromatic carbocycles. The molecule has 1 atom stereocenters.